The highest BCUT2D eigenvalue weighted by Crippen LogP contribution is 2.37. The molecule has 3 aromatic carbocycles. The fourth-order valence-corrected chi connectivity index (χ4v) is 7.70. The molecular formula is C45H66O. The maximum Gasteiger partial charge on any atom is 0.167 e. The number of Topliss-reactive ketones (excluding diaryl/α,β-unsaturated/α-hetero) is 1. The number of hydrogen-bond acceptors (Lipinski definition) is 1. The molecule has 2 aliphatic carbocycles. The largest absolute Gasteiger partial charge is 0.294 e. The number of rotatable bonds is 6. The zero-order valence-corrected chi connectivity index (χ0v) is 32.2. The molecule has 1 nitrogen and oxygen atoms in total. The Morgan fingerprint density at radius 1 is 0.543 bits per heavy atom. The van der Waals surface area contributed by atoms with Gasteiger partial charge < -0.3 is 0 Å². The molecule has 0 amide bonds. The molecule has 0 fully saturated rings. The van der Waals surface area contributed by atoms with Gasteiger partial charge in [-0.25, -0.2) is 0 Å². The molecular weight excluding hydrogens is 556 g/mol. The fraction of sp³-hybridized carbons (Fsp3) is 0.578. The van der Waals surface area contributed by atoms with E-state index in [-0.39, 0.29) is 5.92 Å². The maximum atomic E-state index is 12.4. The maximum absolute atomic E-state index is 12.4. The van der Waals surface area contributed by atoms with Crippen molar-refractivity contribution in [2.24, 2.45) is 23.7 Å². The summed E-state index contributed by atoms with van der Waals surface area (Å²) >= 11 is 0. The molecule has 252 valence electrons. The minimum Gasteiger partial charge on any atom is -0.294 e. The van der Waals surface area contributed by atoms with Crippen molar-refractivity contribution in [1.82, 2.24) is 0 Å². The number of hydrogen-bond donors (Lipinski definition) is 0. The molecule has 1 heteroatoms. The van der Waals surface area contributed by atoms with Crippen molar-refractivity contribution in [2.45, 2.75) is 147 Å². The molecule has 2 atom stereocenters. The van der Waals surface area contributed by atoms with Crippen LogP contribution in [-0.4, -0.2) is 5.78 Å². The third-order valence-corrected chi connectivity index (χ3v) is 10.9. The average molecular weight is 623 g/mol. The quantitative estimate of drug-likeness (QED) is 0.267. The predicted molar refractivity (Wildman–Crippen MR) is 202 cm³/mol. The minimum absolute atomic E-state index is 0.200. The van der Waals surface area contributed by atoms with Crippen molar-refractivity contribution >= 4 is 5.78 Å². The smallest absolute Gasteiger partial charge is 0.167 e. The van der Waals surface area contributed by atoms with Crippen LogP contribution in [0.1, 0.15) is 173 Å². The molecule has 46 heavy (non-hydrogen) atoms. The van der Waals surface area contributed by atoms with E-state index in [1.165, 1.54) is 46.2 Å². The van der Waals surface area contributed by atoms with Crippen molar-refractivity contribution in [3.63, 3.8) is 0 Å². The van der Waals surface area contributed by atoms with E-state index in [0.717, 1.165) is 23.8 Å². The normalized spacial score (nSPS) is 17.1. The SMILES string of the molecule is Cc1c(C(C)C)ccc2c1C(=O)C(C(C)C)C2.Cc1c(C(C)C)ccc2c1CC(C(C)C)C2.Cc1cc(C(C)C)ccc1C(C)C. The van der Waals surface area contributed by atoms with Crippen LogP contribution in [0.15, 0.2) is 42.5 Å². The lowest BCUT2D eigenvalue weighted by Gasteiger charge is -2.14. The number of fused-ring (bicyclic) bond motifs is 2. The van der Waals surface area contributed by atoms with E-state index in [2.05, 4.69) is 146 Å². The van der Waals surface area contributed by atoms with Crippen molar-refractivity contribution in [3.8, 4) is 0 Å². The zero-order valence-electron chi connectivity index (χ0n) is 32.2. The standard InChI is InChI=1S/C16H22O.C16H24.C13H20/c1-9(2)13-7-6-12-8-14(10(3)4)16(17)15(12)11(13)5;1-10(2)14-8-13-6-7-15(11(3)4)12(5)16(13)9-14;1-9(2)12-6-7-13(10(3)4)11(5)8-12/h6-7,9-10,14H,8H2,1-5H3;6-7,10-11,14H,8-9H2,1-5H3;6-10H,1-5H3. The van der Waals surface area contributed by atoms with Gasteiger partial charge >= 0.3 is 0 Å². The van der Waals surface area contributed by atoms with E-state index in [4.69, 9.17) is 0 Å². The van der Waals surface area contributed by atoms with E-state index in [9.17, 15) is 4.79 Å². The first-order chi connectivity index (χ1) is 21.5. The number of carbonyl (C=O) groups is 1. The summed E-state index contributed by atoms with van der Waals surface area (Å²) in [7, 11) is 0. The van der Waals surface area contributed by atoms with Gasteiger partial charge in [-0.15, -0.1) is 0 Å². The molecule has 0 saturated carbocycles. The topological polar surface area (TPSA) is 17.1 Å². The van der Waals surface area contributed by atoms with E-state index >= 15 is 0 Å². The van der Waals surface area contributed by atoms with Crippen molar-refractivity contribution in [2.75, 3.05) is 0 Å². The first-order valence-corrected chi connectivity index (χ1v) is 18.3. The molecule has 3 aromatic rings. The van der Waals surface area contributed by atoms with Crippen LogP contribution >= 0.6 is 0 Å². The Morgan fingerprint density at radius 2 is 1.07 bits per heavy atom. The Balaban J connectivity index is 0.000000190. The van der Waals surface area contributed by atoms with Gasteiger partial charge in [0.2, 0.25) is 0 Å². The third kappa shape index (κ3) is 8.62. The van der Waals surface area contributed by atoms with Crippen molar-refractivity contribution in [3.05, 3.63) is 104 Å². The molecule has 2 aliphatic rings. The van der Waals surface area contributed by atoms with Crippen LogP contribution < -0.4 is 0 Å². The summed E-state index contributed by atoms with van der Waals surface area (Å²) in [5.41, 5.74) is 15.6. The second kappa shape index (κ2) is 16.0. The molecule has 0 saturated heterocycles. The molecule has 2 unspecified atom stereocenters. The molecule has 0 aromatic heterocycles. The van der Waals surface area contributed by atoms with Gasteiger partial charge in [0, 0.05) is 11.5 Å². The lowest BCUT2D eigenvalue weighted by molar-refractivity contribution is 0.0905. The lowest BCUT2D eigenvalue weighted by atomic mass is 9.90. The summed E-state index contributed by atoms with van der Waals surface area (Å²) in [6.45, 7) is 33.6. The van der Waals surface area contributed by atoms with Crippen LogP contribution in [0.5, 0.6) is 0 Å². The highest BCUT2D eigenvalue weighted by molar-refractivity contribution is 6.03. The third-order valence-electron chi connectivity index (χ3n) is 10.9. The Hall–Kier alpha value is -2.67. The predicted octanol–water partition coefficient (Wildman–Crippen LogP) is 12.9. The van der Waals surface area contributed by atoms with Gasteiger partial charge in [0.25, 0.3) is 0 Å². The summed E-state index contributed by atoms with van der Waals surface area (Å²) in [4.78, 5) is 12.4. The van der Waals surface area contributed by atoms with Crippen molar-refractivity contribution < 1.29 is 4.79 Å². The first-order valence-electron chi connectivity index (χ1n) is 18.3. The number of ketones is 1. The van der Waals surface area contributed by atoms with Crippen LogP contribution in [-0.2, 0) is 19.3 Å². The van der Waals surface area contributed by atoms with Crippen molar-refractivity contribution in [1.29, 1.82) is 0 Å². The second-order valence-corrected chi connectivity index (χ2v) is 16.3. The highest BCUT2D eigenvalue weighted by Gasteiger charge is 2.34. The molecule has 0 aliphatic heterocycles. The van der Waals surface area contributed by atoms with Crippen LogP contribution in [0.25, 0.3) is 0 Å². The lowest BCUT2D eigenvalue weighted by Crippen LogP contribution is -2.16. The minimum atomic E-state index is 0.200. The van der Waals surface area contributed by atoms with Gasteiger partial charge in [-0.2, -0.15) is 0 Å². The summed E-state index contributed by atoms with van der Waals surface area (Å²) in [5, 5.41) is 0. The monoisotopic (exact) mass is 623 g/mol. The van der Waals surface area contributed by atoms with Gasteiger partial charge in [0.1, 0.15) is 0 Å². The first kappa shape index (κ1) is 37.8. The van der Waals surface area contributed by atoms with E-state index in [1.807, 2.05) is 0 Å². The second-order valence-electron chi connectivity index (χ2n) is 16.3. The van der Waals surface area contributed by atoms with Gasteiger partial charge in [0.15, 0.2) is 5.78 Å². The van der Waals surface area contributed by atoms with E-state index < -0.39 is 0 Å². The summed E-state index contributed by atoms with van der Waals surface area (Å²) in [5.74, 6) is 5.12. The molecule has 0 bridgehead atoms. The van der Waals surface area contributed by atoms with Crippen LogP contribution in [0.3, 0.4) is 0 Å². The van der Waals surface area contributed by atoms with E-state index in [0.29, 0.717) is 35.4 Å². The Kier molecular flexibility index (Phi) is 13.1. The number of aryl methyl sites for hydroxylation is 1. The highest BCUT2D eigenvalue weighted by atomic mass is 16.1. The summed E-state index contributed by atoms with van der Waals surface area (Å²) < 4.78 is 0. The summed E-state index contributed by atoms with van der Waals surface area (Å²) in [6, 6.07) is 15.9. The van der Waals surface area contributed by atoms with Crippen LogP contribution in [0.4, 0.5) is 0 Å². The zero-order chi connectivity index (χ0) is 34.6. The van der Waals surface area contributed by atoms with Crippen LogP contribution in [0, 0.1) is 44.4 Å². The molecule has 0 N–H and O–H groups in total. The molecule has 5 rings (SSSR count). The average Bonchev–Trinajstić information content (AvgIpc) is 3.56. The molecule has 0 heterocycles. The summed E-state index contributed by atoms with van der Waals surface area (Å²) in [6.07, 6.45) is 3.54. The van der Waals surface area contributed by atoms with Gasteiger partial charge in [-0.1, -0.05) is 126 Å². The van der Waals surface area contributed by atoms with Gasteiger partial charge in [-0.3, -0.25) is 4.79 Å². The molecule has 0 spiro atoms. The Bertz CT molecular complexity index is 1480. The Morgan fingerprint density at radius 3 is 1.54 bits per heavy atom. The fourth-order valence-electron chi connectivity index (χ4n) is 7.70. The van der Waals surface area contributed by atoms with Gasteiger partial charge in [-0.05, 0) is 137 Å². The molecule has 0 radical (unpaired) electrons. The number of benzene rings is 3. The number of carbonyl (C=O) groups excluding carboxylic acids is 1. The van der Waals surface area contributed by atoms with Gasteiger partial charge in [0.05, 0.1) is 0 Å². The van der Waals surface area contributed by atoms with E-state index in [1.54, 1.807) is 22.3 Å². The van der Waals surface area contributed by atoms with Crippen LogP contribution in [0.2, 0.25) is 0 Å². The Labute approximate surface area is 284 Å².